The van der Waals surface area contributed by atoms with Crippen LogP contribution in [0.2, 0.25) is 0 Å². The van der Waals surface area contributed by atoms with Crippen molar-refractivity contribution in [2.24, 2.45) is 5.73 Å². The number of nitrogens with two attached hydrogens (primary N) is 1. The molecule has 2 heterocycles. The van der Waals surface area contributed by atoms with E-state index >= 15 is 0 Å². The number of nitrogens with zero attached hydrogens (tertiary/aromatic N) is 2. The number of carbonyl (C=O) groups is 1. The number of nitrogens with one attached hydrogen (secondary N) is 2. The molecule has 0 saturated heterocycles. The molecule has 0 saturated carbocycles. The first-order valence-electron chi connectivity index (χ1n) is 6.25. The van der Waals surface area contributed by atoms with Crippen molar-refractivity contribution in [3.63, 3.8) is 0 Å². The standard InChI is InChI=1S/C12H15N5OS/c13-4-10-15-9(6-19-10)12(18)16-8-3-1-2-7-5-14-17-11(7)8/h5-6,8H,1-4,13H2,(H,14,17)(H,16,18). The second kappa shape index (κ2) is 5.10. The van der Waals surface area contributed by atoms with E-state index in [0.717, 1.165) is 30.0 Å². The van der Waals surface area contributed by atoms with Gasteiger partial charge in [-0.2, -0.15) is 5.10 Å². The number of carbonyl (C=O) groups excluding carboxylic acids is 1. The van der Waals surface area contributed by atoms with E-state index in [0.29, 0.717) is 12.2 Å². The van der Waals surface area contributed by atoms with Crippen LogP contribution < -0.4 is 11.1 Å². The first kappa shape index (κ1) is 12.3. The molecule has 1 aliphatic rings. The second-order valence-electron chi connectivity index (χ2n) is 4.56. The molecule has 7 heteroatoms. The SMILES string of the molecule is NCc1nc(C(=O)NC2CCCc3cn[nH]c32)cs1. The summed E-state index contributed by atoms with van der Waals surface area (Å²) in [4.78, 5) is 16.3. The van der Waals surface area contributed by atoms with E-state index in [9.17, 15) is 4.79 Å². The molecule has 0 radical (unpaired) electrons. The third-order valence-electron chi connectivity index (χ3n) is 3.30. The molecule has 0 aromatic carbocycles. The lowest BCUT2D eigenvalue weighted by atomic mass is 9.93. The second-order valence-corrected chi connectivity index (χ2v) is 5.50. The number of hydrogen-bond acceptors (Lipinski definition) is 5. The molecule has 1 atom stereocenters. The molecule has 19 heavy (non-hydrogen) atoms. The van der Waals surface area contributed by atoms with Gasteiger partial charge in [-0.05, 0) is 24.8 Å². The maximum Gasteiger partial charge on any atom is 0.271 e. The van der Waals surface area contributed by atoms with Crippen LogP contribution in [-0.4, -0.2) is 21.1 Å². The van der Waals surface area contributed by atoms with E-state index in [1.807, 2.05) is 6.20 Å². The fourth-order valence-corrected chi connectivity index (χ4v) is 3.00. The van der Waals surface area contributed by atoms with Crippen LogP contribution in [0.25, 0.3) is 0 Å². The number of rotatable bonds is 3. The molecule has 2 aromatic heterocycles. The normalized spacial score (nSPS) is 18.1. The summed E-state index contributed by atoms with van der Waals surface area (Å²) >= 11 is 1.41. The van der Waals surface area contributed by atoms with Gasteiger partial charge in [0.15, 0.2) is 0 Å². The molecule has 1 amide bonds. The highest BCUT2D eigenvalue weighted by Crippen LogP contribution is 2.27. The Morgan fingerprint density at radius 3 is 3.32 bits per heavy atom. The molecule has 0 spiro atoms. The summed E-state index contributed by atoms with van der Waals surface area (Å²) in [5.74, 6) is -0.150. The number of amides is 1. The van der Waals surface area contributed by atoms with Gasteiger partial charge >= 0.3 is 0 Å². The van der Waals surface area contributed by atoms with E-state index < -0.39 is 0 Å². The molecule has 4 N–H and O–H groups in total. The van der Waals surface area contributed by atoms with E-state index in [1.165, 1.54) is 16.9 Å². The van der Waals surface area contributed by atoms with Gasteiger partial charge in [0, 0.05) is 11.9 Å². The van der Waals surface area contributed by atoms with E-state index in [1.54, 1.807) is 5.38 Å². The zero-order chi connectivity index (χ0) is 13.2. The maximum atomic E-state index is 12.1. The molecular weight excluding hydrogens is 262 g/mol. The summed E-state index contributed by atoms with van der Waals surface area (Å²) in [7, 11) is 0. The summed E-state index contributed by atoms with van der Waals surface area (Å²) in [5, 5.41) is 12.5. The first-order chi connectivity index (χ1) is 9.28. The summed E-state index contributed by atoms with van der Waals surface area (Å²) in [6.45, 7) is 0.367. The Hall–Kier alpha value is -1.73. The predicted molar refractivity (Wildman–Crippen MR) is 71.7 cm³/mol. The maximum absolute atomic E-state index is 12.1. The molecule has 1 aliphatic carbocycles. The van der Waals surface area contributed by atoms with Gasteiger partial charge in [0.1, 0.15) is 10.7 Å². The summed E-state index contributed by atoms with van der Waals surface area (Å²) in [5.41, 5.74) is 8.16. The average molecular weight is 277 g/mol. The van der Waals surface area contributed by atoms with Crippen LogP contribution in [0.15, 0.2) is 11.6 Å². The van der Waals surface area contributed by atoms with Gasteiger partial charge in [-0.15, -0.1) is 11.3 Å². The Labute approximate surface area is 114 Å². The van der Waals surface area contributed by atoms with Crippen molar-refractivity contribution in [3.05, 3.63) is 33.5 Å². The molecule has 3 rings (SSSR count). The molecule has 0 fully saturated rings. The first-order valence-corrected chi connectivity index (χ1v) is 7.13. The van der Waals surface area contributed by atoms with Gasteiger partial charge in [-0.25, -0.2) is 4.98 Å². The lowest BCUT2D eigenvalue weighted by molar-refractivity contribution is 0.0927. The van der Waals surface area contributed by atoms with Gasteiger partial charge in [0.25, 0.3) is 5.91 Å². The van der Waals surface area contributed by atoms with Crippen LogP contribution in [-0.2, 0) is 13.0 Å². The van der Waals surface area contributed by atoms with Crippen molar-refractivity contribution in [1.29, 1.82) is 0 Å². The number of hydrogen-bond donors (Lipinski definition) is 3. The third-order valence-corrected chi connectivity index (χ3v) is 4.17. The zero-order valence-electron chi connectivity index (χ0n) is 10.3. The highest BCUT2D eigenvalue weighted by Gasteiger charge is 2.24. The molecule has 0 bridgehead atoms. The Bertz CT molecular complexity index is 590. The summed E-state index contributed by atoms with van der Waals surface area (Å²) < 4.78 is 0. The van der Waals surface area contributed by atoms with E-state index in [-0.39, 0.29) is 11.9 Å². The van der Waals surface area contributed by atoms with Crippen LogP contribution in [0.5, 0.6) is 0 Å². The fourth-order valence-electron chi connectivity index (χ4n) is 2.35. The van der Waals surface area contributed by atoms with Gasteiger partial charge < -0.3 is 11.1 Å². The van der Waals surface area contributed by atoms with Gasteiger partial charge in [-0.1, -0.05) is 0 Å². The molecule has 6 nitrogen and oxygen atoms in total. The average Bonchev–Trinajstić information content (AvgIpc) is 3.08. The van der Waals surface area contributed by atoms with Crippen molar-refractivity contribution in [1.82, 2.24) is 20.5 Å². The number of aromatic nitrogens is 3. The highest BCUT2D eigenvalue weighted by atomic mass is 32.1. The third kappa shape index (κ3) is 2.39. The lowest BCUT2D eigenvalue weighted by Crippen LogP contribution is -2.31. The minimum atomic E-state index is -0.150. The minimum Gasteiger partial charge on any atom is -0.342 e. The molecular formula is C12H15N5OS. The predicted octanol–water partition coefficient (Wildman–Crippen LogP) is 1.13. The Morgan fingerprint density at radius 1 is 1.63 bits per heavy atom. The van der Waals surface area contributed by atoms with Crippen LogP contribution in [0.4, 0.5) is 0 Å². The van der Waals surface area contributed by atoms with Gasteiger partial charge in [0.05, 0.1) is 17.9 Å². The lowest BCUT2D eigenvalue weighted by Gasteiger charge is -2.22. The van der Waals surface area contributed by atoms with Crippen LogP contribution >= 0.6 is 11.3 Å². The van der Waals surface area contributed by atoms with Crippen molar-refractivity contribution >= 4 is 17.2 Å². The van der Waals surface area contributed by atoms with Crippen molar-refractivity contribution < 1.29 is 4.79 Å². The minimum absolute atomic E-state index is 0.00164. The topological polar surface area (TPSA) is 96.7 Å². The van der Waals surface area contributed by atoms with Gasteiger partial charge in [0.2, 0.25) is 0 Å². The highest BCUT2D eigenvalue weighted by molar-refractivity contribution is 7.09. The smallest absolute Gasteiger partial charge is 0.271 e. The number of aromatic amines is 1. The zero-order valence-corrected chi connectivity index (χ0v) is 11.2. The molecule has 2 aromatic rings. The number of thiazole rings is 1. The molecule has 1 unspecified atom stereocenters. The summed E-state index contributed by atoms with van der Waals surface area (Å²) in [6, 6.07) is 0.00164. The largest absolute Gasteiger partial charge is 0.342 e. The van der Waals surface area contributed by atoms with Crippen LogP contribution in [0.1, 0.15) is 45.6 Å². The quantitative estimate of drug-likeness (QED) is 0.783. The van der Waals surface area contributed by atoms with E-state index in [4.69, 9.17) is 5.73 Å². The Kier molecular flexibility index (Phi) is 3.31. The number of fused-ring (bicyclic) bond motifs is 1. The van der Waals surface area contributed by atoms with Crippen molar-refractivity contribution in [3.8, 4) is 0 Å². The Balaban J connectivity index is 1.74. The number of aryl methyl sites for hydroxylation is 1. The monoisotopic (exact) mass is 277 g/mol. The van der Waals surface area contributed by atoms with Crippen molar-refractivity contribution in [2.45, 2.75) is 31.8 Å². The van der Waals surface area contributed by atoms with E-state index in [2.05, 4.69) is 20.5 Å². The molecule has 0 aliphatic heterocycles. The molecule has 100 valence electrons. The summed E-state index contributed by atoms with van der Waals surface area (Å²) in [6.07, 6.45) is 4.84. The van der Waals surface area contributed by atoms with Crippen LogP contribution in [0.3, 0.4) is 0 Å². The Morgan fingerprint density at radius 2 is 2.53 bits per heavy atom. The fraction of sp³-hybridized carbons (Fsp3) is 0.417. The number of H-pyrrole nitrogens is 1. The van der Waals surface area contributed by atoms with Gasteiger partial charge in [-0.3, -0.25) is 9.89 Å². The van der Waals surface area contributed by atoms with Crippen molar-refractivity contribution in [2.75, 3.05) is 0 Å². The van der Waals surface area contributed by atoms with Crippen LogP contribution in [0, 0.1) is 0 Å².